The summed E-state index contributed by atoms with van der Waals surface area (Å²) >= 11 is 2.29. The van der Waals surface area contributed by atoms with E-state index >= 15 is 0 Å². The van der Waals surface area contributed by atoms with Gasteiger partial charge in [0.25, 0.3) is 11.1 Å². The highest BCUT2D eigenvalue weighted by Gasteiger charge is 2.27. The molecule has 0 spiro atoms. The number of hydrogen-bond acceptors (Lipinski definition) is 17. The van der Waals surface area contributed by atoms with Gasteiger partial charge in [0.2, 0.25) is 5.91 Å². The second-order valence-electron chi connectivity index (χ2n) is 21.5. The number of nitrogens with one attached hydrogen (secondary N) is 4. The van der Waals surface area contributed by atoms with Crippen molar-refractivity contribution >= 4 is 90.2 Å². The van der Waals surface area contributed by atoms with Crippen LogP contribution in [0.25, 0.3) is 77.8 Å². The lowest BCUT2D eigenvalue weighted by molar-refractivity contribution is -0.142. The number of aromatic amines is 1. The van der Waals surface area contributed by atoms with E-state index in [1.54, 1.807) is 46.3 Å². The summed E-state index contributed by atoms with van der Waals surface area (Å²) in [5, 5.41) is 16.8. The lowest BCUT2D eigenvalue weighted by atomic mass is 9.99. The molecule has 1 saturated heterocycles. The largest absolute Gasteiger partial charge is 0.466 e. The summed E-state index contributed by atoms with van der Waals surface area (Å²) in [7, 11) is 0. The maximum Gasteiger partial charge on any atom is 0.310 e. The Morgan fingerprint density at radius 1 is 0.652 bits per heavy atom. The van der Waals surface area contributed by atoms with Gasteiger partial charge in [-0.3, -0.25) is 38.1 Å². The van der Waals surface area contributed by atoms with Crippen molar-refractivity contribution in [2.75, 3.05) is 28.3 Å². The summed E-state index contributed by atoms with van der Waals surface area (Å²) in [5.41, 5.74) is 11.1. The van der Waals surface area contributed by atoms with E-state index in [0.29, 0.717) is 105 Å². The highest BCUT2D eigenvalue weighted by molar-refractivity contribution is 14.1. The Kier molecular flexibility index (Phi) is 20.5. The number of hydrogen-bond donors (Lipinski definition) is 5. The molecule has 23 heteroatoms. The Hall–Kier alpha value is -10.1. The maximum atomic E-state index is 14.7. The molecule has 5 N–H and O–H groups in total. The number of esters is 1. The van der Waals surface area contributed by atoms with Gasteiger partial charge in [-0.2, -0.15) is 0 Å². The molecule has 7 heterocycles. The standard InChI is InChI=1S/C37H37N7O4.C30H26N8O3.C2H5I/c1-3-28(41-34-33-36(39-22-38-34)43(23-40-33)30-15-8-9-20-48-30)35-42-29-14-10-13-27(25-18-16-24(17-19-25)21-31(45)47-4-2)32(29)37(46)44(35)26-11-6-5-7-12-26;1-2-22(35-28-26-27(32-16-31-26)33-17-34-28)29-36-23-10-6-9-21(19-13-11-18(12-14-19)15-24(39)37-41)25(23)30(40)38(29)20-7-4-3-5-8-20;1-2-3/h5-7,10-14,16-19,22-23,28,30H,3-4,8-9,15,20-21H2,1-2H3,(H,38,39,41);3-14,16-17,22,41H,2,15H2,1H3,(H,37,39)(H2,31,32,33,34,35);2H2,1H3/t28-,30?;22-;/m00./s1. The molecular formula is C69H68IN15O7. The molecule has 92 heavy (non-hydrogen) atoms. The van der Waals surface area contributed by atoms with Crippen molar-refractivity contribution in [1.29, 1.82) is 0 Å². The summed E-state index contributed by atoms with van der Waals surface area (Å²) in [6, 6.07) is 44.5. The van der Waals surface area contributed by atoms with Crippen molar-refractivity contribution in [2.45, 2.75) is 91.0 Å². The number of imidazole rings is 2. The zero-order valence-corrected chi connectivity index (χ0v) is 53.3. The first-order valence-corrected chi connectivity index (χ1v) is 32.1. The lowest BCUT2D eigenvalue weighted by Gasteiger charge is -2.24. The van der Waals surface area contributed by atoms with Crippen molar-refractivity contribution < 1.29 is 24.3 Å². The minimum Gasteiger partial charge on any atom is -0.466 e. The van der Waals surface area contributed by atoms with Crippen molar-refractivity contribution in [1.82, 2.24) is 64.0 Å². The number of benzene rings is 6. The van der Waals surface area contributed by atoms with Gasteiger partial charge in [-0.25, -0.2) is 45.4 Å². The van der Waals surface area contributed by atoms with Crippen LogP contribution in [0.2, 0.25) is 0 Å². The minimum absolute atomic E-state index is 0.0423. The average Bonchev–Trinajstić information content (AvgIpc) is 0.986. The van der Waals surface area contributed by atoms with E-state index in [-0.39, 0.29) is 48.2 Å². The molecule has 1 fully saturated rings. The molecule has 0 aliphatic carbocycles. The number of para-hydroxylation sites is 2. The van der Waals surface area contributed by atoms with Gasteiger partial charge >= 0.3 is 5.97 Å². The van der Waals surface area contributed by atoms with Crippen LogP contribution in [0.3, 0.4) is 0 Å². The molecular weight excluding hydrogens is 1280 g/mol. The van der Waals surface area contributed by atoms with E-state index in [0.717, 1.165) is 52.6 Å². The van der Waals surface area contributed by atoms with Crippen LogP contribution in [0.1, 0.15) is 101 Å². The second kappa shape index (κ2) is 29.7. The first-order chi connectivity index (χ1) is 45.0. The van der Waals surface area contributed by atoms with E-state index in [2.05, 4.69) is 75.0 Å². The maximum absolute atomic E-state index is 14.7. The van der Waals surface area contributed by atoms with Crippen LogP contribution in [0.4, 0.5) is 11.6 Å². The van der Waals surface area contributed by atoms with E-state index in [1.807, 2.05) is 152 Å². The van der Waals surface area contributed by atoms with Gasteiger partial charge in [-0.1, -0.05) is 153 Å². The molecule has 468 valence electrons. The Labute approximate surface area is 542 Å². The smallest absolute Gasteiger partial charge is 0.310 e. The molecule has 1 aliphatic rings. The van der Waals surface area contributed by atoms with Gasteiger partial charge in [0.1, 0.15) is 36.0 Å². The molecule has 13 rings (SSSR count). The summed E-state index contributed by atoms with van der Waals surface area (Å²) in [6.07, 6.45) is 10.7. The van der Waals surface area contributed by atoms with Crippen molar-refractivity contribution in [3.05, 3.63) is 214 Å². The number of aromatic nitrogens is 12. The highest BCUT2D eigenvalue weighted by atomic mass is 127. The van der Waals surface area contributed by atoms with Crippen molar-refractivity contribution in [3.63, 3.8) is 0 Å². The Bertz CT molecular complexity index is 4650. The quantitative estimate of drug-likeness (QED) is 0.0175. The van der Waals surface area contributed by atoms with Crippen LogP contribution >= 0.6 is 22.6 Å². The molecule has 0 saturated carbocycles. The zero-order chi connectivity index (χ0) is 64.1. The molecule has 6 aromatic carbocycles. The number of carbonyl (C=O) groups is 2. The molecule has 22 nitrogen and oxygen atoms in total. The number of amides is 1. The van der Waals surface area contributed by atoms with Crippen molar-refractivity contribution in [2.24, 2.45) is 0 Å². The number of carbonyl (C=O) groups excluding carboxylic acids is 2. The number of ether oxygens (including phenoxy) is 2. The first kappa shape index (κ1) is 63.5. The van der Waals surface area contributed by atoms with E-state index in [1.165, 1.54) is 17.1 Å². The number of alkyl halides is 1. The van der Waals surface area contributed by atoms with Crippen LogP contribution in [0.5, 0.6) is 0 Å². The first-order valence-electron chi connectivity index (χ1n) is 30.6. The Morgan fingerprint density at radius 3 is 1.73 bits per heavy atom. The third-order valence-electron chi connectivity index (χ3n) is 15.7. The number of rotatable bonds is 18. The molecule has 1 aliphatic heterocycles. The highest BCUT2D eigenvalue weighted by Crippen LogP contribution is 2.34. The second-order valence-corrected chi connectivity index (χ2v) is 23.1. The van der Waals surface area contributed by atoms with Gasteiger partial charge < -0.3 is 25.1 Å². The van der Waals surface area contributed by atoms with Gasteiger partial charge in [0.05, 0.1) is 77.4 Å². The normalized spacial score (nSPS) is 13.6. The predicted octanol–water partition coefficient (Wildman–Crippen LogP) is 12.3. The predicted molar refractivity (Wildman–Crippen MR) is 363 cm³/mol. The zero-order valence-electron chi connectivity index (χ0n) is 51.2. The van der Waals surface area contributed by atoms with Crippen LogP contribution in [-0.2, 0) is 31.9 Å². The minimum atomic E-state index is -0.500. The fourth-order valence-electron chi connectivity index (χ4n) is 11.3. The fourth-order valence-corrected chi connectivity index (χ4v) is 11.3. The third kappa shape index (κ3) is 13.8. The third-order valence-corrected chi connectivity index (χ3v) is 15.7. The van der Waals surface area contributed by atoms with E-state index < -0.39 is 5.91 Å². The fraction of sp³-hybridized carbons (Fsp3) is 0.246. The topological polar surface area (TPSA) is 277 Å². The SMILES string of the molecule is CCI.CCOC(=O)Cc1ccc(-c2cccc3nc([C@H](CC)Nc4ncnc5c4ncn5C4CCCCO4)n(-c4ccccc4)c(=O)c23)cc1.CC[C@H](Nc1ncnc2nc[nH]c12)c1nc2cccc(-c3ccc(CC(=O)NO)cc3)c2c(=O)n1-c1ccccc1. The van der Waals surface area contributed by atoms with Gasteiger partial charge in [-0.05, 0) is 113 Å². The summed E-state index contributed by atoms with van der Waals surface area (Å²) in [4.78, 5) is 92.6. The molecule has 3 atom stereocenters. The Balaban J connectivity index is 0.000000183. The van der Waals surface area contributed by atoms with Crippen LogP contribution < -0.4 is 27.2 Å². The van der Waals surface area contributed by atoms with E-state index in [4.69, 9.17) is 24.6 Å². The summed E-state index contributed by atoms with van der Waals surface area (Å²) in [5.74, 6) is 1.46. The Morgan fingerprint density at radius 2 is 1.20 bits per heavy atom. The van der Waals surface area contributed by atoms with Crippen LogP contribution in [0.15, 0.2) is 180 Å². The van der Waals surface area contributed by atoms with Gasteiger partial charge in [0.15, 0.2) is 28.4 Å². The van der Waals surface area contributed by atoms with Crippen molar-refractivity contribution in [3.8, 4) is 33.6 Å². The molecule has 1 unspecified atom stereocenters. The molecule has 1 amide bonds. The monoisotopic (exact) mass is 1350 g/mol. The van der Waals surface area contributed by atoms with Crippen LogP contribution in [0, 0.1) is 0 Å². The molecule has 0 bridgehead atoms. The number of H-pyrrole nitrogens is 1. The molecule has 0 radical (unpaired) electrons. The number of anilines is 2. The van der Waals surface area contributed by atoms with Gasteiger partial charge in [0, 0.05) is 6.61 Å². The van der Waals surface area contributed by atoms with E-state index in [9.17, 15) is 19.2 Å². The summed E-state index contributed by atoms with van der Waals surface area (Å²) < 4.78 is 17.6. The number of hydroxylamine groups is 1. The number of nitrogens with zero attached hydrogens (tertiary/aromatic N) is 11. The molecule has 6 aromatic heterocycles. The lowest BCUT2D eigenvalue weighted by Crippen LogP contribution is -2.28. The molecule has 12 aromatic rings. The number of fused-ring (bicyclic) bond motifs is 4. The van der Waals surface area contributed by atoms with Gasteiger partial charge in [-0.15, -0.1) is 0 Å². The average molecular weight is 1350 g/mol. The number of halogens is 1. The summed E-state index contributed by atoms with van der Waals surface area (Å²) in [6.45, 7) is 9.02. The van der Waals surface area contributed by atoms with Crippen LogP contribution in [-0.4, -0.2) is 93.3 Å².